The Morgan fingerprint density at radius 1 is 0.671 bits per heavy atom. The van der Waals surface area contributed by atoms with Gasteiger partial charge in [-0.15, -0.1) is 23.2 Å². The fraction of sp³-hybridized carbons (Fsp3) is 0.755. The highest BCUT2D eigenvalue weighted by molar-refractivity contribution is 9.25. The molecule has 27 heteroatoms. The topological polar surface area (TPSA) is 287 Å². The van der Waals surface area contributed by atoms with E-state index < -0.39 is 57.3 Å². The fourth-order valence-electron chi connectivity index (χ4n) is 12.4. The third-order valence-corrected chi connectivity index (χ3v) is 22.2. The first-order valence-corrected chi connectivity index (χ1v) is 27.6. The quantitative estimate of drug-likeness (QED) is 0.0552. The first-order chi connectivity index (χ1) is 35.6. The van der Waals surface area contributed by atoms with Crippen molar-refractivity contribution in [2.45, 2.75) is 52.1 Å². The van der Waals surface area contributed by atoms with E-state index in [1.54, 1.807) is 6.21 Å². The molecular weight excluding hydrogens is 1180 g/mol. The molecule has 0 aromatic rings. The molecule has 8 N–H and O–H groups in total. The zero-order valence-corrected chi connectivity index (χ0v) is 45.6. The summed E-state index contributed by atoms with van der Waals surface area (Å²) in [6, 6.07) is 0.470. The van der Waals surface area contributed by atoms with Gasteiger partial charge in [-0.1, -0.05) is 38.8 Å². The number of halogens is 10. The van der Waals surface area contributed by atoms with E-state index in [1.807, 2.05) is 12.4 Å². The number of carboxylic acid groups (broad SMARTS) is 3. The number of hydrogen-bond donors (Lipinski definition) is 6. The maximum Gasteiger partial charge on any atom is 0.404 e. The maximum atomic E-state index is 12.3. The molecule has 0 bridgehead atoms. The van der Waals surface area contributed by atoms with Crippen molar-refractivity contribution in [3.63, 3.8) is 0 Å². The lowest BCUT2D eigenvalue weighted by molar-refractivity contribution is -0.308. The molecule has 8 fully saturated rings. The van der Waals surface area contributed by atoms with Gasteiger partial charge in [-0.05, 0) is 36.5 Å². The molecule has 0 spiro atoms. The Labute approximate surface area is 460 Å². The first-order valence-electron chi connectivity index (χ1n) is 25.3. The zero-order valence-electron chi connectivity index (χ0n) is 40.9. The van der Waals surface area contributed by atoms with Crippen LogP contribution < -0.4 is 11.5 Å². The van der Waals surface area contributed by atoms with Crippen LogP contribution in [-0.2, 0) is 14.4 Å². The van der Waals surface area contributed by atoms with Gasteiger partial charge in [0.1, 0.15) is 4.33 Å². The number of nitrogens with two attached hydrogens (primary N) is 2. The molecule has 8 saturated carbocycles. The van der Waals surface area contributed by atoms with Crippen molar-refractivity contribution in [2.75, 3.05) is 52.4 Å². The summed E-state index contributed by atoms with van der Waals surface area (Å²) in [6.45, 7) is 7.88. The highest BCUT2D eigenvalue weighted by Crippen LogP contribution is 2.75. The molecule has 8 aliphatic heterocycles. The number of hydrogen-bond acceptors (Lipinski definition) is 13. The minimum absolute atomic E-state index is 0.0949. The van der Waals surface area contributed by atoms with Crippen LogP contribution in [0.25, 0.3) is 0 Å². The van der Waals surface area contributed by atoms with Gasteiger partial charge < -0.3 is 26.8 Å². The van der Waals surface area contributed by atoms with E-state index in [9.17, 15) is 40.7 Å². The number of nitrogens with zero attached hydrogens (tertiary/aromatic N) is 8. The lowest BCUT2D eigenvalue weighted by atomic mass is 9.99. The Kier molecular flexibility index (Phi) is 15.3. The molecule has 0 radical (unpaired) electrons. The van der Waals surface area contributed by atoms with Gasteiger partial charge in [0.05, 0.1) is 15.0 Å². The third-order valence-electron chi connectivity index (χ3n) is 18.3. The number of aliphatic imine (C=N–C) groups is 8. The molecule has 8 aliphatic carbocycles. The van der Waals surface area contributed by atoms with Crippen molar-refractivity contribution in [3.8, 4) is 0 Å². The number of carboxylic acids is 3. The van der Waals surface area contributed by atoms with Crippen molar-refractivity contribution >= 4 is 129 Å². The number of carbonyl (C=O) groups is 3. The minimum Gasteiger partial charge on any atom is -0.481 e. The van der Waals surface area contributed by atoms with E-state index in [4.69, 9.17) is 55.4 Å². The molecule has 0 unspecified atom stereocenters. The molecule has 17 nitrogen and oxygen atoms in total. The monoisotopic (exact) mass is 1240 g/mol. The van der Waals surface area contributed by atoms with Crippen LogP contribution in [0.15, 0.2) is 39.9 Å². The van der Waals surface area contributed by atoms with Gasteiger partial charge in [0.15, 0.2) is 10.8 Å². The summed E-state index contributed by atoms with van der Waals surface area (Å²) >= 11 is 18.8. The Morgan fingerprint density at radius 3 is 1.43 bits per heavy atom. The van der Waals surface area contributed by atoms with Crippen LogP contribution in [0.1, 0.15) is 26.2 Å². The summed E-state index contributed by atoms with van der Waals surface area (Å²) in [4.78, 5) is 63.4. The van der Waals surface area contributed by atoms with Crippen molar-refractivity contribution in [1.29, 1.82) is 5.41 Å². The van der Waals surface area contributed by atoms with E-state index in [-0.39, 0.29) is 33.4 Å². The molecule has 416 valence electrons. The Balaban J connectivity index is 0.000000107. The summed E-state index contributed by atoms with van der Waals surface area (Å²) in [5.74, 6) is 1.27. The van der Waals surface area contributed by atoms with Gasteiger partial charge in [-0.25, -0.2) is 0 Å². The normalized spacial score (nSPS) is 42.6. The van der Waals surface area contributed by atoms with Crippen molar-refractivity contribution in [1.82, 2.24) is 0 Å². The van der Waals surface area contributed by atoms with Gasteiger partial charge in [0.2, 0.25) is 0 Å². The van der Waals surface area contributed by atoms with Crippen LogP contribution in [0.4, 0.5) is 26.3 Å². The summed E-state index contributed by atoms with van der Waals surface area (Å²) in [5, 5.41) is 33.0. The molecule has 8 heterocycles. The van der Waals surface area contributed by atoms with Gasteiger partial charge in [0, 0.05) is 191 Å². The number of rotatable bonds is 6. The van der Waals surface area contributed by atoms with Crippen molar-refractivity contribution < 1.29 is 56.0 Å². The van der Waals surface area contributed by atoms with Crippen molar-refractivity contribution in [3.05, 3.63) is 0 Å². The highest BCUT2D eigenvalue weighted by Gasteiger charge is 2.89. The van der Waals surface area contributed by atoms with Crippen LogP contribution in [0, 0.1) is 122 Å². The SMILES string of the molecule is C1=NC[C@@H]2C[C@H]12.C[C@@]12C=NC[C@@H]1C2(Br)Br.ClC1(Cl)[C@@H]2C=NC[C@@H]21.FC(F)(F)C1(C(F)(F)F)[C@@H]2C=NC[C@@H]21.N=C(N)CC[C@H]1[C@@H]2C=NC[C@@H]21.N[C@H]1[C@@H]2C=NC[C@H]12.O=C(O)C1(C(=O)O)[C@@H]2C=NC[C@@H]21.O=C(O)[C@H]1[C@@H]2C=NC[C@@H]21. The second-order valence-corrected chi connectivity index (χ2v) is 27.5. The Morgan fingerprint density at radius 2 is 1.20 bits per heavy atom. The standard InChI is InChI=1S/C8H13N3.C7H5F6N.C7H7NO4.C6H7Br2N.C6H7NO2.C5H5Cl2N.C5H8N2.C5H7N/c9-8(10)2-1-5-6-3-11-4-7(5)6;8-6(9,10)5(7(11,12)13)3-1-14-2-4(3)5;9-5(10)7(6(11)12)3-1-8-2-4(3)7;1-5-3-9-2-4(5)6(5,7)8;8-6(9)5-3-1-7-2-4(3)5;6-5(7)3-1-8-2-4(3)5;6-5-3-1-7-2-4(3)5;1-4-2-6-3-5(1)4/h3,5-7H,1-2,4H2,(H3,9,10);1,3-4H,2H2;1,3-4H,2H2,(H,9,10)(H,11,12);3-4H,2H2,1H3;1,3-5H,2H2,(H,8,9);1,3-4H,2H2;1,3-5H,2,6H2;2,4-5H,1,3H2/t5-,6-,7+;2*3-,4+;4-,5+;3-,4+,5+;3-,4+;3-,4+,5+;4-,5+/m01101111/s1. The lowest BCUT2D eigenvalue weighted by Crippen LogP contribution is -2.42. The molecule has 76 heavy (non-hydrogen) atoms. The Bertz CT molecular complexity index is 2560. The Hall–Kier alpha value is -3.68. The van der Waals surface area contributed by atoms with E-state index in [0.29, 0.717) is 53.4 Å². The average Bonchev–Trinajstić information content (AvgIpc) is 4.45. The van der Waals surface area contributed by atoms with E-state index in [2.05, 4.69) is 97.4 Å². The van der Waals surface area contributed by atoms with Crippen molar-refractivity contribution in [2.24, 2.45) is 168 Å². The predicted molar refractivity (Wildman–Crippen MR) is 283 cm³/mol. The predicted octanol–water partition coefficient (Wildman–Crippen LogP) is 6.60. The second kappa shape index (κ2) is 20.5. The molecule has 0 amide bonds. The number of nitrogens with one attached hydrogen (secondary N) is 1. The molecular formula is C49H59Br2Cl2F6N11O6. The van der Waals surface area contributed by atoms with Gasteiger partial charge in [0.25, 0.3) is 0 Å². The molecule has 16 aliphatic rings. The molecule has 16 rings (SSSR count). The number of alkyl halides is 10. The van der Waals surface area contributed by atoms with Gasteiger partial charge in [-0.2, -0.15) is 26.3 Å². The van der Waals surface area contributed by atoms with Crippen LogP contribution in [-0.4, -0.2) is 167 Å². The van der Waals surface area contributed by atoms with Crippen LogP contribution in [0.3, 0.4) is 0 Å². The third kappa shape index (κ3) is 10.3. The zero-order chi connectivity index (χ0) is 55.3. The van der Waals surface area contributed by atoms with E-state index >= 15 is 0 Å². The maximum absolute atomic E-state index is 12.3. The van der Waals surface area contributed by atoms with Gasteiger partial charge in [-0.3, -0.25) is 59.7 Å². The second-order valence-electron chi connectivity index (χ2n) is 22.5. The lowest BCUT2D eigenvalue weighted by Gasteiger charge is -2.25. The summed E-state index contributed by atoms with van der Waals surface area (Å²) in [5.41, 5.74) is 6.08. The first kappa shape index (κ1) is 57.0. The van der Waals surface area contributed by atoms with Crippen LogP contribution >= 0.6 is 55.1 Å². The van der Waals surface area contributed by atoms with Crippen LogP contribution in [0.2, 0.25) is 0 Å². The van der Waals surface area contributed by atoms with Crippen LogP contribution in [0.5, 0.6) is 0 Å². The fourth-order valence-corrected chi connectivity index (χ4v) is 14.9. The number of aliphatic carboxylic acids is 3. The largest absolute Gasteiger partial charge is 0.481 e. The molecule has 19 atom stereocenters. The van der Waals surface area contributed by atoms with E-state index in [0.717, 1.165) is 93.8 Å². The molecule has 0 saturated heterocycles. The molecule has 0 aromatic heterocycles. The van der Waals surface area contributed by atoms with E-state index in [1.165, 1.54) is 12.6 Å². The number of amidine groups is 1. The summed E-state index contributed by atoms with van der Waals surface area (Å²) < 4.78 is 73.7. The highest BCUT2D eigenvalue weighted by atomic mass is 79.9. The smallest absolute Gasteiger partial charge is 0.404 e. The average molecular weight is 1240 g/mol. The number of fused-ring (bicyclic) bond motifs is 8. The summed E-state index contributed by atoms with van der Waals surface area (Å²) in [7, 11) is 0. The van der Waals surface area contributed by atoms with Gasteiger partial charge >= 0.3 is 30.3 Å². The summed E-state index contributed by atoms with van der Waals surface area (Å²) in [6.07, 6.45) is 6.95. The minimum atomic E-state index is -5.23. The molecule has 0 aromatic carbocycles.